The number of thiophene rings is 1. The normalized spacial score (nSPS) is 18.8. The van der Waals surface area contributed by atoms with Gasteiger partial charge in [-0.2, -0.15) is 0 Å². The topological polar surface area (TPSA) is 91.4 Å². The number of nitrogens with one attached hydrogen (secondary N) is 2. The number of fused-ring (bicyclic) bond motifs is 1. The number of likely N-dealkylation sites (tertiary alicyclic amines) is 1. The number of carbonyl (C=O) groups is 1. The van der Waals surface area contributed by atoms with Gasteiger partial charge in [0.05, 0.1) is 26.5 Å². The summed E-state index contributed by atoms with van der Waals surface area (Å²) in [5.74, 6) is 1.21. The van der Waals surface area contributed by atoms with E-state index >= 15 is 0 Å². The highest BCUT2D eigenvalue weighted by atomic mass is 32.2. The van der Waals surface area contributed by atoms with Crippen LogP contribution in [0.5, 0.6) is 0 Å². The summed E-state index contributed by atoms with van der Waals surface area (Å²) in [4.78, 5) is 21.7. The van der Waals surface area contributed by atoms with E-state index in [0.717, 1.165) is 43.8 Å². The summed E-state index contributed by atoms with van der Waals surface area (Å²) in [6.07, 6.45) is 3.81. The Balaban J connectivity index is 1.55. The molecule has 0 unspecified atom stereocenters. The van der Waals surface area contributed by atoms with Gasteiger partial charge in [0, 0.05) is 31.6 Å². The van der Waals surface area contributed by atoms with Gasteiger partial charge >= 0.3 is 0 Å². The van der Waals surface area contributed by atoms with Crippen LogP contribution in [0, 0.1) is 11.8 Å². The number of hydrogen-bond donors (Lipinski definition) is 2. The van der Waals surface area contributed by atoms with Crippen molar-refractivity contribution in [3.8, 4) is 10.6 Å². The Bertz CT molecular complexity index is 1300. The summed E-state index contributed by atoms with van der Waals surface area (Å²) in [5.41, 5.74) is 1.75. The maximum atomic E-state index is 13.4. The number of unbranched alkanes of at least 4 members (excludes halogenated alkanes) is 1. The van der Waals surface area contributed by atoms with Crippen molar-refractivity contribution >= 4 is 38.2 Å². The van der Waals surface area contributed by atoms with E-state index in [1.54, 1.807) is 35.6 Å². The third-order valence-corrected chi connectivity index (χ3v) is 9.16. The van der Waals surface area contributed by atoms with Crippen molar-refractivity contribution in [2.45, 2.75) is 51.3 Å². The first-order chi connectivity index (χ1) is 17.8. The molecule has 1 fully saturated rings. The molecule has 0 aliphatic carbocycles. The van der Waals surface area contributed by atoms with E-state index in [1.165, 1.54) is 6.42 Å². The second kappa shape index (κ2) is 12.5. The molecule has 0 radical (unpaired) electrons. The molecule has 1 aliphatic heterocycles. The number of pyridine rings is 1. The maximum Gasteiger partial charge on any atom is 0.252 e. The third-order valence-electron chi connectivity index (χ3n) is 6.81. The van der Waals surface area contributed by atoms with Gasteiger partial charge in [0.1, 0.15) is 0 Å². The molecular formula is C28H38N4O3S2. The van der Waals surface area contributed by atoms with Gasteiger partial charge in [-0.15, -0.1) is 11.3 Å². The van der Waals surface area contributed by atoms with Crippen LogP contribution in [0.3, 0.4) is 0 Å². The molecule has 0 saturated carbocycles. The van der Waals surface area contributed by atoms with Crippen LogP contribution in [0.25, 0.3) is 21.5 Å². The quantitative estimate of drug-likeness (QED) is 0.328. The van der Waals surface area contributed by atoms with Crippen molar-refractivity contribution in [3.63, 3.8) is 0 Å². The van der Waals surface area contributed by atoms with E-state index in [9.17, 15) is 13.2 Å². The van der Waals surface area contributed by atoms with E-state index in [-0.39, 0.29) is 10.8 Å². The molecule has 0 bridgehead atoms. The lowest BCUT2D eigenvalue weighted by Crippen LogP contribution is -2.40. The number of aromatic nitrogens is 1. The molecule has 4 rings (SSSR count). The summed E-state index contributed by atoms with van der Waals surface area (Å²) in [6, 6.07) is 10.5. The van der Waals surface area contributed by atoms with Crippen LogP contribution in [0.4, 0.5) is 0 Å². The molecule has 2 N–H and O–H groups in total. The number of amides is 1. The third kappa shape index (κ3) is 7.16. The summed E-state index contributed by atoms with van der Waals surface area (Å²) >= 11 is 1.56. The average Bonchev–Trinajstić information content (AvgIpc) is 3.40. The fourth-order valence-corrected chi connectivity index (χ4v) is 6.94. The summed E-state index contributed by atoms with van der Waals surface area (Å²) in [5, 5.41) is 5.58. The van der Waals surface area contributed by atoms with Gasteiger partial charge < -0.3 is 10.2 Å². The van der Waals surface area contributed by atoms with Crippen molar-refractivity contribution in [2.75, 3.05) is 32.7 Å². The van der Waals surface area contributed by atoms with E-state index < -0.39 is 10.0 Å². The standard InChI is InChI=1S/C28H38N4O3S2/c1-4-5-12-30-37(34,35)22-9-10-25-23(16-22)24(17-26(31-25)27-8-6-14-36-27)28(33)29-11-7-13-32-18-20(2)15-21(3)19-32/h6,8-10,14,16-17,20-21,30H,4-5,7,11-13,15,18-19H2,1-3H3,(H,29,33)/t20-,21-/m0/s1. The number of rotatable bonds is 11. The zero-order valence-electron chi connectivity index (χ0n) is 22.0. The van der Waals surface area contributed by atoms with Gasteiger partial charge in [-0.05, 0) is 73.4 Å². The minimum absolute atomic E-state index is 0.143. The molecule has 9 heteroatoms. The van der Waals surface area contributed by atoms with Crippen molar-refractivity contribution in [1.29, 1.82) is 0 Å². The Morgan fingerprint density at radius 2 is 1.89 bits per heavy atom. The van der Waals surface area contributed by atoms with Gasteiger partial charge in [-0.3, -0.25) is 4.79 Å². The Morgan fingerprint density at radius 3 is 2.59 bits per heavy atom. The Hall–Kier alpha value is -2.33. The van der Waals surface area contributed by atoms with Crippen LogP contribution in [-0.4, -0.2) is 56.9 Å². The zero-order chi connectivity index (χ0) is 26.4. The molecule has 37 heavy (non-hydrogen) atoms. The summed E-state index contributed by atoms with van der Waals surface area (Å²) in [7, 11) is -3.68. The molecular weight excluding hydrogens is 504 g/mol. The Kier molecular flexibility index (Phi) is 9.34. The summed E-state index contributed by atoms with van der Waals surface area (Å²) < 4.78 is 28.4. The largest absolute Gasteiger partial charge is 0.352 e. The van der Waals surface area contributed by atoms with Crippen LogP contribution in [0.2, 0.25) is 0 Å². The number of carbonyl (C=O) groups excluding carboxylic acids is 1. The average molecular weight is 543 g/mol. The highest BCUT2D eigenvalue weighted by molar-refractivity contribution is 7.89. The molecule has 200 valence electrons. The molecule has 2 aromatic heterocycles. The van der Waals surface area contributed by atoms with Crippen LogP contribution in [-0.2, 0) is 10.0 Å². The van der Waals surface area contributed by atoms with Crippen LogP contribution < -0.4 is 10.0 Å². The molecule has 3 aromatic rings. The number of hydrogen-bond acceptors (Lipinski definition) is 6. The van der Waals surface area contributed by atoms with E-state index in [4.69, 9.17) is 4.98 Å². The van der Waals surface area contributed by atoms with Crippen molar-refractivity contribution in [2.24, 2.45) is 11.8 Å². The predicted molar refractivity (Wildman–Crippen MR) is 151 cm³/mol. The first kappa shape index (κ1) is 27.7. The summed E-state index contributed by atoms with van der Waals surface area (Å²) in [6.45, 7) is 10.7. The number of piperidine rings is 1. The molecule has 1 aliphatic rings. The fourth-order valence-electron chi connectivity index (χ4n) is 5.15. The Morgan fingerprint density at radius 1 is 1.11 bits per heavy atom. The highest BCUT2D eigenvalue weighted by Gasteiger charge is 2.22. The molecule has 0 spiro atoms. The van der Waals surface area contributed by atoms with Gasteiger partial charge in [-0.25, -0.2) is 18.1 Å². The molecule has 2 atom stereocenters. The monoisotopic (exact) mass is 542 g/mol. The molecule has 7 nitrogen and oxygen atoms in total. The van der Waals surface area contributed by atoms with Gasteiger partial charge in [0.25, 0.3) is 5.91 Å². The second-order valence-electron chi connectivity index (χ2n) is 10.3. The van der Waals surface area contributed by atoms with Crippen molar-refractivity contribution in [1.82, 2.24) is 19.9 Å². The second-order valence-corrected chi connectivity index (χ2v) is 13.0. The van der Waals surface area contributed by atoms with Crippen LogP contribution in [0.15, 0.2) is 46.7 Å². The lowest BCUT2D eigenvalue weighted by Gasteiger charge is -2.34. The first-order valence-corrected chi connectivity index (χ1v) is 15.6. The van der Waals surface area contributed by atoms with Gasteiger partial charge in [0.15, 0.2) is 0 Å². The highest BCUT2D eigenvalue weighted by Crippen LogP contribution is 2.29. The Labute approximate surface area is 224 Å². The van der Waals surface area contributed by atoms with Crippen LogP contribution >= 0.6 is 11.3 Å². The number of sulfonamides is 1. The smallest absolute Gasteiger partial charge is 0.252 e. The molecule has 3 heterocycles. The number of benzene rings is 1. The molecule has 1 saturated heterocycles. The zero-order valence-corrected chi connectivity index (χ0v) is 23.6. The van der Waals surface area contributed by atoms with Crippen molar-refractivity contribution < 1.29 is 13.2 Å². The van der Waals surface area contributed by atoms with Gasteiger partial charge in [-0.1, -0.05) is 33.3 Å². The van der Waals surface area contributed by atoms with E-state index in [0.29, 0.717) is 47.1 Å². The predicted octanol–water partition coefficient (Wildman–Crippen LogP) is 5.14. The van der Waals surface area contributed by atoms with Crippen molar-refractivity contribution in [3.05, 3.63) is 47.3 Å². The molecule has 1 aromatic carbocycles. The fraction of sp³-hybridized carbons (Fsp3) is 0.500. The minimum atomic E-state index is -3.68. The number of nitrogens with zero attached hydrogens (tertiary/aromatic N) is 2. The van der Waals surface area contributed by atoms with Gasteiger partial charge in [0.2, 0.25) is 10.0 Å². The lowest BCUT2D eigenvalue weighted by atomic mass is 9.92. The lowest BCUT2D eigenvalue weighted by molar-refractivity contribution is 0.0949. The van der Waals surface area contributed by atoms with Crippen LogP contribution in [0.1, 0.15) is 56.8 Å². The SMILES string of the molecule is CCCCNS(=O)(=O)c1ccc2nc(-c3cccs3)cc(C(=O)NCCCN3C[C@@H](C)C[C@H](C)C3)c2c1. The first-order valence-electron chi connectivity index (χ1n) is 13.3. The minimum Gasteiger partial charge on any atom is -0.352 e. The maximum absolute atomic E-state index is 13.4. The van der Waals surface area contributed by atoms with E-state index in [1.807, 2.05) is 24.4 Å². The molecule has 1 amide bonds. The van der Waals surface area contributed by atoms with E-state index in [2.05, 4.69) is 28.8 Å².